The van der Waals surface area contributed by atoms with Gasteiger partial charge in [-0.15, -0.1) is 0 Å². The Hall–Kier alpha value is -0.970. The molecule has 16 heavy (non-hydrogen) atoms. The fraction of sp³-hybridized carbons (Fsp3) is 0.636. The minimum Gasteiger partial charge on any atom is -0.462 e. The highest BCUT2D eigenvalue weighted by Crippen LogP contribution is 2.15. The third kappa shape index (κ3) is 7.34. The molecule has 0 heterocycles. The number of hydrogen-bond acceptors (Lipinski definition) is 5. The first kappa shape index (κ1) is 15.0. The molecule has 0 N–H and O–H groups in total. The highest BCUT2D eigenvalue weighted by molar-refractivity contribution is 7.98. The zero-order chi connectivity index (χ0) is 12.6. The molecule has 0 unspecified atom stereocenters. The molecule has 5 heteroatoms. The summed E-state index contributed by atoms with van der Waals surface area (Å²) < 4.78 is 9.89. The van der Waals surface area contributed by atoms with Gasteiger partial charge in [0.05, 0.1) is 6.42 Å². The molecule has 0 aromatic heterocycles. The molecular formula is C11H18O4S. The predicted octanol–water partition coefficient (Wildman–Crippen LogP) is 1.79. The molecule has 0 rings (SSSR count). The predicted molar refractivity (Wildman–Crippen MR) is 64.3 cm³/mol. The van der Waals surface area contributed by atoms with Gasteiger partial charge in [-0.25, -0.2) is 4.79 Å². The maximum atomic E-state index is 11.4. The normalized spacial score (nSPS) is 10.7. The minimum absolute atomic E-state index is 0.0268. The average Bonchev–Trinajstić information content (AvgIpc) is 2.16. The van der Waals surface area contributed by atoms with E-state index in [9.17, 15) is 9.59 Å². The fourth-order valence-corrected chi connectivity index (χ4v) is 1.78. The van der Waals surface area contributed by atoms with Gasteiger partial charge in [0.2, 0.25) is 0 Å². The number of hydrogen-bond donors (Lipinski definition) is 0. The van der Waals surface area contributed by atoms with Crippen molar-refractivity contribution < 1.29 is 19.1 Å². The van der Waals surface area contributed by atoms with Crippen molar-refractivity contribution in [3.05, 3.63) is 12.7 Å². The van der Waals surface area contributed by atoms with Crippen molar-refractivity contribution in [2.24, 2.45) is 0 Å². The van der Waals surface area contributed by atoms with E-state index in [0.717, 1.165) is 11.8 Å². The zero-order valence-corrected chi connectivity index (χ0v) is 10.8. The molecule has 0 radical (unpaired) electrons. The van der Waals surface area contributed by atoms with Crippen LogP contribution in [0.4, 0.5) is 0 Å². The monoisotopic (exact) mass is 246 g/mol. The van der Waals surface area contributed by atoms with Gasteiger partial charge < -0.3 is 9.47 Å². The summed E-state index contributed by atoms with van der Waals surface area (Å²) in [6, 6.07) is 0. The number of esters is 2. The summed E-state index contributed by atoms with van der Waals surface area (Å²) in [7, 11) is 0. The number of rotatable bonds is 7. The van der Waals surface area contributed by atoms with Crippen molar-refractivity contribution in [2.45, 2.75) is 25.9 Å². The molecule has 0 aromatic carbocycles. The molecule has 4 nitrogen and oxygen atoms in total. The molecule has 0 amide bonds. The van der Waals surface area contributed by atoms with E-state index in [1.807, 2.05) is 20.1 Å². The quantitative estimate of drug-likeness (QED) is 0.506. The lowest BCUT2D eigenvalue weighted by Crippen LogP contribution is -2.31. The van der Waals surface area contributed by atoms with Gasteiger partial charge in [-0.3, -0.25) is 4.79 Å². The Bertz CT molecular complexity index is 261. The van der Waals surface area contributed by atoms with Crippen LogP contribution in [0.15, 0.2) is 12.7 Å². The second-order valence-electron chi connectivity index (χ2n) is 3.79. The Morgan fingerprint density at radius 2 is 2.06 bits per heavy atom. The van der Waals surface area contributed by atoms with E-state index in [1.54, 1.807) is 11.8 Å². The van der Waals surface area contributed by atoms with E-state index < -0.39 is 11.6 Å². The molecule has 0 aromatic rings. The number of ether oxygens (including phenoxy) is 2. The van der Waals surface area contributed by atoms with Crippen LogP contribution >= 0.6 is 11.8 Å². The molecule has 0 aliphatic heterocycles. The van der Waals surface area contributed by atoms with Crippen molar-refractivity contribution in [1.82, 2.24) is 0 Å². The smallest absolute Gasteiger partial charge is 0.330 e. The number of carbonyl (C=O) groups excluding carboxylic acids is 2. The Morgan fingerprint density at radius 3 is 2.56 bits per heavy atom. The maximum Gasteiger partial charge on any atom is 0.330 e. The van der Waals surface area contributed by atoms with Crippen molar-refractivity contribution in [2.75, 3.05) is 18.6 Å². The Morgan fingerprint density at radius 1 is 1.44 bits per heavy atom. The fourth-order valence-electron chi connectivity index (χ4n) is 1.03. The third-order valence-corrected chi connectivity index (χ3v) is 2.58. The van der Waals surface area contributed by atoms with Gasteiger partial charge >= 0.3 is 11.9 Å². The SMILES string of the molecule is C=CC(=O)OCCC(=O)OC(C)(C)CSC. The molecule has 0 aliphatic carbocycles. The third-order valence-electron chi connectivity index (χ3n) is 1.60. The van der Waals surface area contributed by atoms with Gasteiger partial charge in [0.15, 0.2) is 0 Å². The molecule has 92 valence electrons. The highest BCUT2D eigenvalue weighted by Gasteiger charge is 2.21. The molecule has 0 spiro atoms. The van der Waals surface area contributed by atoms with Crippen LogP contribution in [0.5, 0.6) is 0 Å². The molecule has 0 atom stereocenters. The van der Waals surface area contributed by atoms with Crippen molar-refractivity contribution >= 4 is 23.7 Å². The Balaban J connectivity index is 3.82. The number of carbonyl (C=O) groups is 2. The lowest BCUT2D eigenvalue weighted by Gasteiger charge is -2.23. The van der Waals surface area contributed by atoms with Crippen molar-refractivity contribution in [3.8, 4) is 0 Å². The van der Waals surface area contributed by atoms with Crippen LogP contribution in [0.2, 0.25) is 0 Å². The summed E-state index contributed by atoms with van der Waals surface area (Å²) in [5.41, 5.74) is -0.487. The lowest BCUT2D eigenvalue weighted by atomic mass is 10.2. The van der Waals surface area contributed by atoms with Gasteiger partial charge in [0.1, 0.15) is 12.2 Å². The summed E-state index contributed by atoms with van der Waals surface area (Å²) in [5, 5.41) is 0. The van der Waals surface area contributed by atoms with Crippen LogP contribution in [0, 0.1) is 0 Å². The molecule has 0 saturated carbocycles. The molecule has 0 aliphatic rings. The highest BCUT2D eigenvalue weighted by atomic mass is 32.2. The first-order valence-electron chi connectivity index (χ1n) is 4.91. The van der Waals surface area contributed by atoms with Crippen LogP contribution in [0.25, 0.3) is 0 Å². The first-order chi connectivity index (χ1) is 7.41. The van der Waals surface area contributed by atoms with Gasteiger partial charge in [-0.1, -0.05) is 6.58 Å². The van der Waals surface area contributed by atoms with Gasteiger partial charge in [-0.05, 0) is 20.1 Å². The van der Waals surface area contributed by atoms with Crippen molar-refractivity contribution in [3.63, 3.8) is 0 Å². The van der Waals surface area contributed by atoms with E-state index in [2.05, 4.69) is 11.3 Å². The first-order valence-corrected chi connectivity index (χ1v) is 6.30. The van der Waals surface area contributed by atoms with Crippen LogP contribution in [-0.4, -0.2) is 36.2 Å². The van der Waals surface area contributed by atoms with E-state index in [4.69, 9.17) is 4.74 Å². The van der Waals surface area contributed by atoms with Crippen LogP contribution in [0.1, 0.15) is 20.3 Å². The second kappa shape index (κ2) is 7.33. The van der Waals surface area contributed by atoms with Gasteiger partial charge in [0.25, 0.3) is 0 Å². The van der Waals surface area contributed by atoms with E-state index >= 15 is 0 Å². The summed E-state index contributed by atoms with van der Waals surface area (Å²) >= 11 is 1.61. The maximum absolute atomic E-state index is 11.4. The van der Waals surface area contributed by atoms with Crippen molar-refractivity contribution in [1.29, 1.82) is 0 Å². The lowest BCUT2D eigenvalue weighted by molar-refractivity contribution is -0.156. The standard InChI is InChI=1S/C11H18O4S/c1-5-9(12)14-7-6-10(13)15-11(2,3)8-16-4/h5H,1,6-8H2,2-4H3. The topological polar surface area (TPSA) is 52.6 Å². The summed E-state index contributed by atoms with van der Waals surface area (Å²) in [5.74, 6) is -0.169. The van der Waals surface area contributed by atoms with Crippen LogP contribution in [0.3, 0.4) is 0 Å². The average molecular weight is 246 g/mol. The van der Waals surface area contributed by atoms with Gasteiger partial charge in [0, 0.05) is 11.8 Å². The van der Waals surface area contributed by atoms with E-state index in [-0.39, 0.29) is 19.0 Å². The van der Waals surface area contributed by atoms with E-state index in [0.29, 0.717) is 0 Å². The molecular weight excluding hydrogens is 228 g/mol. The molecule has 0 bridgehead atoms. The number of thioether (sulfide) groups is 1. The Kier molecular flexibility index (Phi) is 6.88. The van der Waals surface area contributed by atoms with E-state index in [1.165, 1.54) is 0 Å². The largest absolute Gasteiger partial charge is 0.462 e. The molecule has 0 fully saturated rings. The van der Waals surface area contributed by atoms with Crippen LogP contribution in [-0.2, 0) is 19.1 Å². The molecule has 0 saturated heterocycles. The summed E-state index contributed by atoms with van der Waals surface area (Å²) in [4.78, 5) is 22.0. The Labute approximate surface area is 100 Å². The zero-order valence-electron chi connectivity index (χ0n) is 9.95. The minimum atomic E-state index is -0.531. The second-order valence-corrected chi connectivity index (χ2v) is 4.65. The van der Waals surface area contributed by atoms with Crippen LogP contribution < -0.4 is 0 Å². The summed E-state index contributed by atoms with van der Waals surface area (Å²) in [6.45, 7) is 6.96. The van der Waals surface area contributed by atoms with Gasteiger partial charge in [-0.2, -0.15) is 11.8 Å². The summed E-state index contributed by atoms with van der Waals surface area (Å²) in [6.07, 6.45) is 3.07.